The van der Waals surface area contributed by atoms with E-state index in [1.807, 2.05) is 60.7 Å². The fourth-order valence-electron chi connectivity index (χ4n) is 2.98. The first-order chi connectivity index (χ1) is 13.1. The molecular formula is C22H23NO4. The molecule has 0 aromatic heterocycles. The highest BCUT2D eigenvalue weighted by Gasteiger charge is 2.35. The molecule has 2 aromatic carbocycles. The van der Waals surface area contributed by atoms with E-state index in [1.165, 1.54) is 4.90 Å². The Hall–Kier alpha value is -3.08. The molecule has 1 fully saturated rings. The number of piperidine rings is 1. The molecule has 2 aromatic rings. The minimum atomic E-state index is -0.696. The molecule has 0 unspecified atom stereocenters. The SMILES string of the molecule is C=C1CCN(C(=O)OCc2ccccc2)[C@H](C(=O)OCc2ccccc2)C1. The van der Waals surface area contributed by atoms with Gasteiger partial charge in [0, 0.05) is 6.54 Å². The summed E-state index contributed by atoms with van der Waals surface area (Å²) in [6.07, 6.45) is 0.546. The van der Waals surface area contributed by atoms with Crippen LogP contribution in [-0.2, 0) is 27.5 Å². The summed E-state index contributed by atoms with van der Waals surface area (Å²) in [5, 5.41) is 0. The van der Waals surface area contributed by atoms with Gasteiger partial charge in [0.1, 0.15) is 19.3 Å². The number of nitrogens with zero attached hydrogens (tertiary/aromatic N) is 1. The van der Waals surface area contributed by atoms with Crippen molar-refractivity contribution >= 4 is 12.1 Å². The summed E-state index contributed by atoms with van der Waals surface area (Å²) in [6, 6.07) is 18.2. The number of hydrogen-bond acceptors (Lipinski definition) is 4. The summed E-state index contributed by atoms with van der Waals surface area (Å²) in [6.45, 7) is 4.71. The van der Waals surface area contributed by atoms with Crippen molar-refractivity contribution in [3.63, 3.8) is 0 Å². The Kier molecular flexibility index (Phi) is 6.26. The zero-order chi connectivity index (χ0) is 19.1. The van der Waals surface area contributed by atoms with Crippen LogP contribution in [-0.4, -0.2) is 29.5 Å². The van der Waals surface area contributed by atoms with Crippen LogP contribution in [0.4, 0.5) is 4.79 Å². The van der Waals surface area contributed by atoms with Gasteiger partial charge in [0.2, 0.25) is 0 Å². The normalized spacial score (nSPS) is 16.7. The first kappa shape index (κ1) is 18.7. The molecule has 1 amide bonds. The average molecular weight is 365 g/mol. The predicted octanol–water partition coefficient (Wildman–Crippen LogP) is 4.09. The van der Waals surface area contributed by atoms with Crippen molar-refractivity contribution in [2.24, 2.45) is 0 Å². The number of benzene rings is 2. The van der Waals surface area contributed by atoms with Gasteiger partial charge < -0.3 is 9.47 Å². The lowest BCUT2D eigenvalue weighted by Gasteiger charge is -2.34. The van der Waals surface area contributed by atoms with Gasteiger partial charge in [-0.05, 0) is 24.0 Å². The molecule has 0 N–H and O–H groups in total. The lowest BCUT2D eigenvalue weighted by Crippen LogP contribution is -2.49. The summed E-state index contributed by atoms with van der Waals surface area (Å²) >= 11 is 0. The van der Waals surface area contributed by atoms with Crippen LogP contribution in [0.5, 0.6) is 0 Å². The molecule has 0 spiro atoms. The van der Waals surface area contributed by atoms with E-state index in [1.54, 1.807) is 0 Å². The number of rotatable bonds is 5. The van der Waals surface area contributed by atoms with Gasteiger partial charge in [0.25, 0.3) is 0 Å². The molecule has 0 radical (unpaired) electrons. The van der Waals surface area contributed by atoms with E-state index in [9.17, 15) is 9.59 Å². The molecule has 0 saturated carbocycles. The van der Waals surface area contributed by atoms with E-state index in [4.69, 9.17) is 9.47 Å². The molecule has 140 valence electrons. The zero-order valence-electron chi connectivity index (χ0n) is 15.2. The molecule has 1 atom stereocenters. The number of amides is 1. The Balaban J connectivity index is 1.60. The number of ether oxygens (including phenoxy) is 2. The van der Waals surface area contributed by atoms with Crippen LogP contribution >= 0.6 is 0 Å². The third-order valence-electron chi connectivity index (χ3n) is 4.50. The summed E-state index contributed by atoms with van der Waals surface area (Å²) in [5.74, 6) is -0.434. The van der Waals surface area contributed by atoms with E-state index in [-0.39, 0.29) is 13.2 Å². The Morgan fingerprint density at radius 1 is 0.926 bits per heavy atom. The van der Waals surface area contributed by atoms with Gasteiger partial charge in [-0.2, -0.15) is 0 Å². The van der Waals surface area contributed by atoms with Crippen LogP contribution in [0.25, 0.3) is 0 Å². The van der Waals surface area contributed by atoms with Crippen LogP contribution in [0.3, 0.4) is 0 Å². The fraction of sp³-hybridized carbons (Fsp3) is 0.273. The quantitative estimate of drug-likeness (QED) is 0.592. The highest BCUT2D eigenvalue weighted by molar-refractivity contribution is 5.82. The van der Waals surface area contributed by atoms with Crippen LogP contribution < -0.4 is 0 Å². The van der Waals surface area contributed by atoms with E-state index in [0.29, 0.717) is 19.4 Å². The van der Waals surface area contributed by atoms with Gasteiger partial charge in [-0.3, -0.25) is 4.90 Å². The smallest absolute Gasteiger partial charge is 0.410 e. The fourth-order valence-corrected chi connectivity index (χ4v) is 2.98. The van der Waals surface area contributed by atoms with Crippen molar-refractivity contribution in [3.05, 3.63) is 83.9 Å². The standard InChI is InChI=1S/C22H23NO4/c1-17-12-13-23(22(25)27-16-19-10-6-3-7-11-19)20(14-17)21(24)26-15-18-8-4-2-5-9-18/h2-11,20H,1,12-16H2/t20-/m0/s1. The zero-order valence-corrected chi connectivity index (χ0v) is 15.2. The second kappa shape index (κ2) is 9.03. The first-order valence-corrected chi connectivity index (χ1v) is 8.98. The molecule has 1 aliphatic rings. The molecule has 0 bridgehead atoms. The summed E-state index contributed by atoms with van der Waals surface area (Å²) < 4.78 is 10.8. The Morgan fingerprint density at radius 2 is 1.48 bits per heavy atom. The first-order valence-electron chi connectivity index (χ1n) is 8.98. The lowest BCUT2D eigenvalue weighted by atomic mass is 9.98. The Morgan fingerprint density at radius 3 is 2.07 bits per heavy atom. The van der Waals surface area contributed by atoms with Crippen LogP contribution in [0.2, 0.25) is 0 Å². The maximum absolute atomic E-state index is 12.6. The van der Waals surface area contributed by atoms with E-state index >= 15 is 0 Å². The van der Waals surface area contributed by atoms with Crippen LogP contribution in [0.15, 0.2) is 72.8 Å². The topological polar surface area (TPSA) is 55.8 Å². The van der Waals surface area contributed by atoms with Crippen molar-refractivity contribution in [2.45, 2.75) is 32.1 Å². The third kappa shape index (κ3) is 5.20. The molecule has 0 aliphatic carbocycles. The van der Waals surface area contributed by atoms with Gasteiger partial charge in [-0.1, -0.05) is 72.8 Å². The lowest BCUT2D eigenvalue weighted by molar-refractivity contribution is -0.151. The van der Waals surface area contributed by atoms with E-state index in [2.05, 4.69) is 6.58 Å². The summed E-state index contributed by atoms with van der Waals surface area (Å²) in [5.41, 5.74) is 2.73. The number of hydrogen-bond donors (Lipinski definition) is 0. The maximum atomic E-state index is 12.6. The van der Waals surface area contributed by atoms with Gasteiger partial charge in [0.05, 0.1) is 0 Å². The van der Waals surface area contributed by atoms with Gasteiger partial charge >= 0.3 is 12.1 Å². The number of carbonyl (C=O) groups is 2. The summed E-state index contributed by atoms with van der Waals surface area (Å²) in [4.78, 5) is 26.6. The van der Waals surface area contributed by atoms with Crippen LogP contribution in [0.1, 0.15) is 24.0 Å². The highest BCUT2D eigenvalue weighted by Crippen LogP contribution is 2.23. The van der Waals surface area contributed by atoms with Crippen molar-refractivity contribution < 1.29 is 19.1 Å². The second-order valence-corrected chi connectivity index (χ2v) is 6.55. The Bertz CT molecular complexity index is 788. The summed E-state index contributed by atoms with van der Waals surface area (Å²) in [7, 11) is 0. The van der Waals surface area contributed by atoms with Crippen molar-refractivity contribution in [1.29, 1.82) is 0 Å². The predicted molar refractivity (Wildman–Crippen MR) is 102 cm³/mol. The molecule has 1 aliphatic heterocycles. The van der Waals surface area contributed by atoms with Crippen molar-refractivity contribution in [1.82, 2.24) is 4.90 Å². The van der Waals surface area contributed by atoms with Crippen LogP contribution in [0, 0.1) is 0 Å². The average Bonchev–Trinajstić information content (AvgIpc) is 2.71. The highest BCUT2D eigenvalue weighted by atomic mass is 16.6. The van der Waals surface area contributed by atoms with Gasteiger partial charge in [-0.25, -0.2) is 9.59 Å². The van der Waals surface area contributed by atoms with Crippen molar-refractivity contribution in [3.8, 4) is 0 Å². The van der Waals surface area contributed by atoms with E-state index < -0.39 is 18.1 Å². The van der Waals surface area contributed by atoms with Crippen molar-refractivity contribution in [2.75, 3.05) is 6.54 Å². The molecule has 5 nitrogen and oxygen atoms in total. The molecule has 5 heteroatoms. The van der Waals surface area contributed by atoms with Gasteiger partial charge in [0.15, 0.2) is 0 Å². The largest absolute Gasteiger partial charge is 0.459 e. The molecule has 1 heterocycles. The number of likely N-dealkylation sites (tertiary alicyclic amines) is 1. The minimum absolute atomic E-state index is 0.170. The number of carbonyl (C=O) groups excluding carboxylic acids is 2. The maximum Gasteiger partial charge on any atom is 0.410 e. The molecule has 1 saturated heterocycles. The third-order valence-corrected chi connectivity index (χ3v) is 4.50. The second-order valence-electron chi connectivity index (χ2n) is 6.55. The molecule has 3 rings (SSSR count). The molecule has 27 heavy (non-hydrogen) atoms. The monoisotopic (exact) mass is 365 g/mol. The Labute approximate surface area is 159 Å². The van der Waals surface area contributed by atoms with Gasteiger partial charge in [-0.15, -0.1) is 0 Å². The minimum Gasteiger partial charge on any atom is -0.459 e. The molecular weight excluding hydrogens is 342 g/mol. The number of esters is 1. The van der Waals surface area contributed by atoms with E-state index in [0.717, 1.165) is 16.7 Å².